The fourth-order valence-electron chi connectivity index (χ4n) is 2.10. The fourth-order valence-corrected chi connectivity index (χ4v) is 2.10. The molecule has 0 spiro atoms. The quantitative estimate of drug-likeness (QED) is 0.699. The van der Waals surface area contributed by atoms with Crippen LogP contribution in [0.1, 0.15) is 25.7 Å². The average Bonchev–Trinajstić information content (AvgIpc) is 2.63. The van der Waals surface area contributed by atoms with E-state index in [4.69, 9.17) is 0 Å². The third-order valence-electron chi connectivity index (χ3n) is 3.05. The van der Waals surface area contributed by atoms with Crippen LogP contribution in [-0.4, -0.2) is 25.4 Å². The summed E-state index contributed by atoms with van der Waals surface area (Å²) in [4.78, 5) is 11.0. The molecule has 3 nitrogen and oxygen atoms in total. The number of carbonyl (C=O) groups excluding carboxylic acids is 1. The molecule has 0 amide bonds. The summed E-state index contributed by atoms with van der Waals surface area (Å²) in [5.41, 5.74) is 1.15. The van der Waals surface area contributed by atoms with Crippen molar-refractivity contribution in [1.29, 1.82) is 0 Å². The second-order valence-corrected chi connectivity index (χ2v) is 4.21. The van der Waals surface area contributed by atoms with E-state index in [-0.39, 0.29) is 5.78 Å². The van der Waals surface area contributed by atoms with E-state index in [1.165, 1.54) is 12.8 Å². The molecular weight excluding hydrogens is 176 g/mol. The Kier molecular flexibility index (Phi) is 3.19. The normalized spacial score (nSPS) is 23.7. The Morgan fingerprint density at radius 3 is 2.79 bits per heavy atom. The molecule has 2 N–H and O–H groups in total. The molecule has 14 heavy (non-hydrogen) atoms. The maximum Gasteiger partial charge on any atom is 0.157 e. The van der Waals surface area contributed by atoms with E-state index in [2.05, 4.69) is 10.6 Å². The van der Waals surface area contributed by atoms with Gasteiger partial charge in [-0.15, -0.1) is 0 Å². The summed E-state index contributed by atoms with van der Waals surface area (Å²) in [6, 6.07) is 0. The maximum atomic E-state index is 11.0. The van der Waals surface area contributed by atoms with E-state index >= 15 is 0 Å². The maximum absolute atomic E-state index is 11.0. The Bertz CT molecular complexity index is 242. The summed E-state index contributed by atoms with van der Waals surface area (Å²) in [5, 5.41) is 6.75. The molecule has 0 bridgehead atoms. The van der Waals surface area contributed by atoms with Crippen LogP contribution in [0.5, 0.6) is 0 Å². The number of hydrogen-bond donors (Lipinski definition) is 2. The second-order valence-electron chi connectivity index (χ2n) is 4.21. The molecule has 1 aliphatic heterocycles. The number of rotatable bonds is 3. The molecular formula is C11H18N2O. The van der Waals surface area contributed by atoms with Crippen molar-refractivity contribution in [3.05, 3.63) is 11.8 Å². The lowest BCUT2D eigenvalue weighted by Crippen LogP contribution is -2.33. The van der Waals surface area contributed by atoms with Gasteiger partial charge < -0.3 is 10.6 Å². The lowest BCUT2D eigenvalue weighted by Gasteiger charge is -2.23. The number of carbonyl (C=O) groups is 1. The van der Waals surface area contributed by atoms with Gasteiger partial charge in [-0.3, -0.25) is 4.79 Å². The van der Waals surface area contributed by atoms with E-state index in [1.54, 1.807) is 6.08 Å². The molecule has 0 saturated carbocycles. The predicted molar refractivity (Wildman–Crippen MR) is 55.9 cm³/mol. The number of ketones is 1. The van der Waals surface area contributed by atoms with Crippen LogP contribution in [0.4, 0.5) is 0 Å². The largest absolute Gasteiger partial charge is 0.388 e. The zero-order valence-electron chi connectivity index (χ0n) is 8.51. The van der Waals surface area contributed by atoms with Crippen LogP contribution in [0.3, 0.4) is 0 Å². The average molecular weight is 194 g/mol. The third-order valence-corrected chi connectivity index (χ3v) is 3.05. The zero-order chi connectivity index (χ0) is 9.80. The van der Waals surface area contributed by atoms with E-state index < -0.39 is 0 Å². The number of nitrogens with one attached hydrogen (secondary N) is 2. The monoisotopic (exact) mass is 194 g/mol. The van der Waals surface area contributed by atoms with Crippen LogP contribution in [0, 0.1) is 5.92 Å². The first kappa shape index (κ1) is 9.71. The molecule has 1 fully saturated rings. The van der Waals surface area contributed by atoms with Crippen LogP contribution in [-0.2, 0) is 4.79 Å². The zero-order valence-corrected chi connectivity index (χ0v) is 8.51. The van der Waals surface area contributed by atoms with Gasteiger partial charge in [0.25, 0.3) is 0 Å². The molecule has 0 unspecified atom stereocenters. The summed E-state index contributed by atoms with van der Waals surface area (Å²) in [7, 11) is 0. The topological polar surface area (TPSA) is 41.1 Å². The molecule has 2 rings (SSSR count). The summed E-state index contributed by atoms with van der Waals surface area (Å²) in [6.07, 6.45) is 5.90. The Morgan fingerprint density at radius 2 is 2.14 bits per heavy atom. The third kappa shape index (κ3) is 2.58. The molecule has 78 valence electrons. The van der Waals surface area contributed by atoms with Crippen LogP contribution >= 0.6 is 0 Å². The van der Waals surface area contributed by atoms with Crippen molar-refractivity contribution in [3.63, 3.8) is 0 Å². The predicted octanol–water partition coefficient (Wildman–Crippen LogP) is 0.822. The van der Waals surface area contributed by atoms with Gasteiger partial charge in [0, 0.05) is 24.7 Å². The standard InChI is InChI=1S/C11H18N2O/c14-11-2-1-10(7-11)13-8-9-3-5-12-6-4-9/h7,9,12-13H,1-6,8H2. The van der Waals surface area contributed by atoms with Gasteiger partial charge in [-0.1, -0.05) is 0 Å². The van der Waals surface area contributed by atoms with Gasteiger partial charge >= 0.3 is 0 Å². The van der Waals surface area contributed by atoms with Crippen molar-refractivity contribution in [3.8, 4) is 0 Å². The van der Waals surface area contributed by atoms with Crippen molar-refractivity contribution in [2.45, 2.75) is 25.7 Å². The SMILES string of the molecule is O=C1C=C(NCC2CCNCC2)CC1. The van der Waals surface area contributed by atoms with Gasteiger partial charge in [-0.05, 0) is 38.3 Å². The van der Waals surface area contributed by atoms with Crippen molar-refractivity contribution in [2.75, 3.05) is 19.6 Å². The highest BCUT2D eigenvalue weighted by molar-refractivity contribution is 5.92. The van der Waals surface area contributed by atoms with Crippen molar-refractivity contribution in [1.82, 2.24) is 10.6 Å². The minimum Gasteiger partial charge on any atom is -0.388 e. The minimum atomic E-state index is 0.276. The number of allylic oxidation sites excluding steroid dienone is 2. The van der Waals surface area contributed by atoms with Crippen LogP contribution in [0.2, 0.25) is 0 Å². The van der Waals surface area contributed by atoms with Gasteiger partial charge in [-0.2, -0.15) is 0 Å². The molecule has 0 radical (unpaired) electrons. The van der Waals surface area contributed by atoms with E-state index in [0.29, 0.717) is 6.42 Å². The lowest BCUT2D eigenvalue weighted by atomic mass is 9.98. The highest BCUT2D eigenvalue weighted by Crippen LogP contribution is 2.14. The summed E-state index contributed by atoms with van der Waals surface area (Å²) >= 11 is 0. The first-order valence-corrected chi connectivity index (χ1v) is 5.52. The molecule has 0 aromatic carbocycles. The Hall–Kier alpha value is -0.830. The number of piperidine rings is 1. The van der Waals surface area contributed by atoms with E-state index in [1.807, 2.05) is 0 Å². The molecule has 2 aliphatic rings. The molecule has 0 aromatic rings. The van der Waals surface area contributed by atoms with Gasteiger partial charge in [0.05, 0.1) is 0 Å². The van der Waals surface area contributed by atoms with Gasteiger partial charge in [0.15, 0.2) is 5.78 Å². The van der Waals surface area contributed by atoms with Gasteiger partial charge in [0.1, 0.15) is 0 Å². The van der Waals surface area contributed by atoms with E-state index in [9.17, 15) is 4.79 Å². The smallest absolute Gasteiger partial charge is 0.157 e. The van der Waals surface area contributed by atoms with Crippen molar-refractivity contribution >= 4 is 5.78 Å². The second kappa shape index (κ2) is 4.60. The van der Waals surface area contributed by atoms with Crippen molar-refractivity contribution in [2.24, 2.45) is 5.92 Å². The fraction of sp³-hybridized carbons (Fsp3) is 0.727. The van der Waals surface area contributed by atoms with Crippen LogP contribution < -0.4 is 10.6 Å². The summed E-state index contributed by atoms with van der Waals surface area (Å²) < 4.78 is 0. The molecule has 1 saturated heterocycles. The lowest BCUT2D eigenvalue weighted by molar-refractivity contribution is -0.114. The Morgan fingerprint density at radius 1 is 1.36 bits per heavy atom. The van der Waals surface area contributed by atoms with Crippen LogP contribution in [0.25, 0.3) is 0 Å². The minimum absolute atomic E-state index is 0.276. The Labute approximate surface area is 84.9 Å². The molecule has 3 heteroatoms. The molecule has 1 heterocycles. The number of hydrogen-bond acceptors (Lipinski definition) is 3. The first-order chi connectivity index (χ1) is 6.84. The van der Waals surface area contributed by atoms with Gasteiger partial charge in [-0.25, -0.2) is 0 Å². The molecule has 1 aliphatic carbocycles. The summed E-state index contributed by atoms with van der Waals surface area (Å²) in [5.74, 6) is 1.06. The van der Waals surface area contributed by atoms with E-state index in [0.717, 1.165) is 37.7 Å². The molecule has 0 aromatic heterocycles. The van der Waals surface area contributed by atoms with Crippen molar-refractivity contribution < 1.29 is 4.79 Å². The highest BCUT2D eigenvalue weighted by atomic mass is 16.1. The summed E-state index contributed by atoms with van der Waals surface area (Å²) in [6.45, 7) is 3.33. The van der Waals surface area contributed by atoms with Crippen LogP contribution in [0.15, 0.2) is 11.8 Å². The Balaban J connectivity index is 1.71. The highest BCUT2D eigenvalue weighted by Gasteiger charge is 2.15. The molecule has 0 atom stereocenters. The van der Waals surface area contributed by atoms with Gasteiger partial charge in [0.2, 0.25) is 0 Å². The first-order valence-electron chi connectivity index (χ1n) is 5.52.